The number of methoxy groups -OCH3 is 1. The number of pyridine rings is 1. The molecule has 1 fully saturated rings. The van der Waals surface area contributed by atoms with Gasteiger partial charge < -0.3 is 14.8 Å². The maximum Gasteiger partial charge on any atom is 0.234 e. The summed E-state index contributed by atoms with van der Waals surface area (Å²) in [6, 6.07) is 4.10. The lowest BCUT2D eigenvalue weighted by Crippen LogP contribution is -2.45. The SMILES string of the molecule is COCCN(C)CC(=O)NC1COCC1Cc1ccncc1. The van der Waals surface area contributed by atoms with E-state index in [0.717, 1.165) is 13.0 Å². The maximum atomic E-state index is 12.1. The molecular weight excluding hydrogens is 282 g/mol. The lowest BCUT2D eigenvalue weighted by Gasteiger charge is -2.21. The predicted molar refractivity (Wildman–Crippen MR) is 83.6 cm³/mol. The third-order valence-corrected chi connectivity index (χ3v) is 3.88. The molecule has 2 heterocycles. The summed E-state index contributed by atoms with van der Waals surface area (Å²) in [5, 5.41) is 3.09. The van der Waals surface area contributed by atoms with Crippen LogP contribution in [0.5, 0.6) is 0 Å². The Morgan fingerprint density at radius 1 is 1.45 bits per heavy atom. The van der Waals surface area contributed by atoms with E-state index in [1.165, 1.54) is 5.56 Å². The van der Waals surface area contributed by atoms with Crippen molar-refractivity contribution in [2.75, 3.05) is 47.1 Å². The van der Waals surface area contributed by atoms with Crippen LogP contribution in [0.2, 0.25) is 0 Å². The number of nitrogens with zero attached hydrogens (tertiary/aromatic N) is 2. The monoisotopic (exact) mass is 307 g/mol. The molecular formula is C16H25N3O3. The topological polar surface area (TPSA) is 63.7 Å². The second kappa shape index (κ2) is 8.82. The Balaban J connectivity index is 1.79. The summed E-state index contributed by atoms with van der Waals surface area (Å²) in [5.41, 5.74) is 1.22. The minimum atomic E-state index is 0.0360. The maximum absolute atomic E-state index is 12.1. The number of amides is 1. The van der Waals surface area contributed by atoms with E-state index in [-0.39, 0.29) is 11.9 Å². The van der Waals surface area contributed by atoms with E-state index in [2.05, 4.69) is 10.3 Å². The summed E-state index contributed by atoms with van der Waals surface area (Å²) in [7, 11) is 3.58. The molecule has 0 saturated carbocycles. The molecule has 1 saturated heterocycles. The molecule has 2 unspecified atom stereocenters. The normalized spacial score (nSPS) is 21.2. The van der Waals surface area contributed by atoms with Crippen LogP contribution >= 0.6 is 0 Å². The summed E-state index contributed by atoms with van der Waals surface area (Å²) in [4.78, 5) is 18.1. The number of likely N-dealkylation sites (N-methyl/N-ethyl adjacent to an activating group) is 1. The van der Waals surface area contributed by atoms with Crippen molar-refractivity contribution in [2.45, 2.75) is 12.5 Å². The van der Waals surface area contributed by atoms with Crippen molar-refractivity contribution in [1.29, 1.82) is 0 Å². The van der Waals surface area contributed by atoms with Crippen molar-refractivity contribution in [3.05, 3.63) is 30.1 Å². The van der Waals surface area contributed by atoms with E-state index in [4.69, 9.17) is 9.47 Å². The fraction of sp³-hybridized carbons (Fsp3) is 0.625. The molecule has 1 aromatic rings. The van der Waals surface area contributed by atoms with Crippen molar-refractivity contribution in [3.8, 4) is 0 Å². The highest BCUT2D eigenvalue weighted by Crippen LogP contribution is 2.18. The minimum Gasteiger partial charge on any atom is -0.383 e. The number of aromatic nitrogens is 1. The third kappa shape index (κ3) is 5.36. The first kappa shape index (κ1) is 16.9. The van der Waals surface area contributed by atoms with Crippen LogP contribution in [0, 0.1) is 5.92 Å². The zero-order chi connectivity index (χ0) is 15.8. The van der Waals surface area contributed by atoms with Gasteiger partial charge in [0, 0.05) is 32.0 Å². The second-order valence-corrected chi connectivity index (χ2v) is 5.76. The number of hydrogen-bond acceptors (Lipinski definition) is 5. The highest BCUT2D eigenvalue weighted by Gasteiger charge is 2.29. The first-order valence-electron chi connectivity index (χ1n) is 7.62. The van der Waals surface area contributed by atoms with E-state index in [0.29, 0.717) is 32.3 Å². The average molecular weight is 307 g/mol. The van der Waals surface area contributed by atoms with Gasteiger partial charge in [0.25, 0.3) is 0 Å². The van der Waals surface area contributed by atoms with Crippen LogP contribution in [0.3, 0.4) is 0 Å². The number of carbonyl (C=O) groups is 1. The number of ether oxygens (including phenoxy) is 2. The largest absolute Gasteiger partial charge is 0.383 e. The van der Waals surface area contributed by atoms with Gasteiger partial charge in [-0.05, 0) is 31.2 Å². The second-order valence-electron chi connectivity index (χ2n) is 5.76. The van der Waals surface area contributed by atoms with Crippen LogP contribution in [0.4, 0.5) is 0 Å². The van der Waals surface area contributed by atoms with Crippen molar-refractivity contribution in [3.63, 3.8) is 0 Å². The molecule has 0 aliphatic carbocycles. The number of nitrogens with one attached hydrogen (secondary N) is 1. The molecule has 22 heavy (non-hydrogen) atoms. The summed E-state index contributed by atoms with van der Waals surface area (Å²) >= 11 is 0. The van der Waals surface area contributed by atoms with Crippen LogP contribution in [-0.2, 0) is 20.7 Å². The van der Waals surface area contributed by atoms with Crippen LogP contribution in [0.1, 0.15) is 5.56 Å². The molecule has 1 N–H and O–H groups in total. The van der Waals surface area contributed by atoms with E-state index in [1.54, 1.807) is 19.5 Å². The van der Waals surface area contributed by atoms with Gasteiger partial charge in [-0.3, -0.25) is 14.7 Å². The molecule has 1 amide bonds. The molecule has 0 aromatic carbocycles. The standard InChI is InChI=1S/C16H25N3O3/c1-19(7-8-21-2)10-16(20)18-15-12-22-11-14(15)9-13-3-5-17-6-4-13/h3-6,14-15H,7-12H2,1-2H3,(H,18,20). The summed E-state index contributed by atoms with van der Waals surface area (Å²) in [6.45, 7) is 3.02. The van der Waals surface area contributed by atoms with Crippen LogP contribution in [-0.4, -0.2) is 68.9 Å². The zero-order valence-corrected chi connectivity index (χ0v) is 13.3. The van der Waals surface area contributed by atoms with Gasteiger partial charge in [0.1, 0.15) is 0 Å². The molecule has 2 atom stereocenters. The smallest absolute Gasteiger partial charge is 0.234 e. The Morgan fingerprint density at radius 2 is 2.23 bits per heavy atom. The summed E-state index contributed by atoms with van der Waals surface area (Å²) in [6.07, 6.45) is 4.49. The Kier molecular flexibility index (Phi) is 6.76. The first-order chi connectivity index (χ1) is 10.7. The third-order valence-electron chi connectivity index (χ3n) is 3.88. The molecule has 6 heteroatoms. The number of rotatable bonds is 8. The van der Waals surface area contributed by atoms with Crippen molar-refractivity contribution >= 4 is 5.91 Å². The van der Waals surface area contributed by atoms with Gasteiger partial charge in [0.2, 0.25) is 5.91 Å². The molecule has 0 bridgehead atoms. The van der Waals surface area contributed by atoms with E-state index in [1.807, 2.05) is 24.1 Å². The Hall–Kier alpha value is -1.50. The average Bonchev–Trinajstić information content (AvgIpc) is 2.93. The fourth-order valence-electron chi connectivity index (χ4n) is 2.60. The van der Waals surface area contributed by atoms with E-state index >= 15 is 0 Å². The molecule has 1 aliphatic rings. The minimum absolute atomic E-state index is 0.0360. The van der Waals surface area contributed by atoms with Gasteiger partial charge in [0.05, 0.1) is 32.4 Å². The molecule has 0 spiro atoms. The Bertz CT molecular complexity index is 455. The lowest BCUT2D eigenvalue weighted by molar-refractivity contribution is -0.123. The summed E-state index contributed by atoms with van der Waals surface area (Å²) < 4.78 is 10.6. The molecule has 2 rings (SSSR count). The molecule has 122 valence electrons. The predicted octanol–water partition coefficient (Wildman–Crippen LogP) is 0.334. The van der Waals surface area contributed by atoms with Crippen molar-refractivity contribution in [2.24, 2.45) is 5.92 Å². The van der Waals surface area contributed by atoms with E-state index < -0.39 is 0 Å². The van der Waals surface area contributed by atoms with Crippen LogP contribution in [0.25, 0.3) is 0 Å². The van der Waals surface area contributed by atoms with Crippen molar-refractivity contribution < 1.29 is 14.3 Å². The highest BCUT2D eigenvalue weighted by atomic mass is 16.5. The molecule has 1 aliphatic heterocycles. The number of hydrogen-bond donors (Lipinski definition) is 1. The highest BCUT2D eigenvalue weighted by molar-refractivity contribution is 5.78. The Labute approximate surface area is 131 Å². The van der Waals surface area contributed by atoms with E-state index in [9.17, 15) is 4.79 Å². The van der Waals surface area contributed by atoms with Crippen LogP contribution < -0.4 is 5.32 Å². The van der Waals surface area contributed by atoms with Gasteiger partial charge >= 0.3 is 0 Å². The van der Waals surface area contributed by atoms with Crippen molar-refractivity contribution in [1.82, 2.24) is 15.2 Å². The van der Waals surface area contributed by atoms with Gasteiger partial charge in [0.15, 0.2) is 0 Å². The first-order valence-corrected chi connectivity index (χ1v) is 7.62. The van der Waals surface area contributed by atoms with Gasteiger partial charge in [-0.15, -0.1) is 0 Å². The van der Waals surface area contributed by atoms with Gasteiger partial charge in [-0.25, -0.2) is 0 Å². The molecule has 1 aromatic heterocycles. The van der Waals surface area contributed by atoms with Crippen LogP contribution in [0.15, 0.2) is 24.5 Å². The molecule has 0 radical (unpaired) electrons. The number of carbonyl (C=O) groups excluding carboxylic acids is 1. The van der Waals surface area contributed by atoms with Gasteiger partial charge in [-0.2, -0.15) is 0 Å². The summed E-state index contributed by atoms with van der Waals surface area (Å²) in [5.74, 6) is 0.351. The lowest BCUT2D eigenvalue weighted by atomic mass is 9.95. The molecule has 6 nitrogen and oxygen atoms in total. The Morgan fingerprint density at radius 3 is 2.95 bits per heavy atom. The zero-order valence-electron chi connectivity index (χ0n) is 13.3. The fourth-order valence-corrected chi connectivity index (χ4v) is 2.60. The quantitative estimate of drug-likeness (QED) is 0.750. The van der Waals surface area contributed by atoms with Gasteiger partial charge in [-0.1, -0.05) is 0 Å².